The number of hydrogen-bond donors (Lipinski definition) is 1. The van der Waals surface area contributed by atoms with Gasteiger partial charge in [-0.1, -0.05) is 5.21 Å². The largest absolute Gasteiger partial charge is 0.307 e. The van der Waals surface area contributed by atoms with Gasteiger partial charge in [0.05, 0.1) is 17.4 Å². The van der Waals surface area contributed by atoms with Crippen LogP contribution in [0.15, 0.2) is 22.9 Å². The molecular weight excluding hydrogens is 289 g/mol. The zero-order valence-corrected chi connectivity index (χ0v) is 10.9. The van der Waals surface area contributed by atoms with Crippen molar-refractivity contribution < 1.29 is 4.39 Å². The maximum absolute atomic E-state index is 13.7. The van der Waals surface area contributed by atoms with E-state index in [9.17, 15) is 4.39 Å². The minimum atomic E-state index is -0.398. The standard InChI is InChI=1S/C10H11BrFN5/c1-13-8(7-6(12)4-3-5-14-7)9-10(11)15-16-17(9)2/h3-5,8,13H,1-2H3. The molecule has 0 aromatic carbocycles. The van der Waals surface area contributed by atoms with E-state index in [0.717, 1.165) is 5.69 Å². The van der Waals surface area contributed by atoms with Crippen LogP contribution in [-0.2, 0) is 7.05 Å². The van der Waals surface area contributed by atoms with Crippen LogP contribution in [0.3, 0.4) is 0 Å². The molecule has 0 aliphatic heterocycles. The molecule has 0 radical (unpaired) electrons. The zero-order valence-electron chi connectivity index (χ0n) is 9.35. The van der Waals surface area contributed by atoms with Gasteiger partial charge < -0.3 is 5.32 Å². The SMILES string of the molecule is CNC(c1ncccc1F)c1c(Br)nnn1C. The summed E-state index contributed by atoms with van der Waals surface area (Å²) in [5, 5.41) is 10.8. The fourth-order valence-electron chi connectivity index (χ4n) is 1.66. The van der Waals surface area contributed by atoms with E-state index in [-0.39, 0.29) is 5.82 Å². The Balaban J connectivity index is 2.52. The number of nitrogens with zero attached hydrogens (tertiary/aromatic N) is 4. The first-order valence-electron chi connectivity index (χ1n) is 4.98. The molecule has 2 heterocycles. The van der Waals surface area contributed by atoms with Gasteiger partial charge >= 0.3 is 0 Å². The molecule has 0 amide bonds. The molecule has 0 aliphatic carbocycles. The Hall–Kier alpha value is -1.34. The first-order valence-corrected chi connectivity index (χ1v) is 5.77. The molecule has 0 spiro atoms. The minimum Gasteiger partial charge on any atom is -0.307 e. The van der Waals surface area contributed by atoms with E-state index in [4.69, 9.17) is 0 Å². The van der Waals surface area contributed by atoms with Crippen molar-refractivity contribution >= 4 is 15.9 Å². The van der Waals surface area contributed by atoms with E-state index in [1.807, 2.05) is 0 Å². The van der Waals surface area contributed by atoms with Crippen molar-refractivity contribution in [3.8, 4) is 0 Å². The highest BCUT2D eigenvalue weighted by Gasteiger charge is 2.24. The molecule has 5 nitrogen and oxygen atoms in total. The Labute approximate surface area is 106 Å². The topological polar surface area (TPSA) is 55.6 Å². The molecule has 2 rings (SSSR count). The lowest BCUT2D eigenvalue weighted by molar-refractivity contribution is 0.534. The summed E-state index contributed by atoms with van der Waals surface area (Å²) in [4.78, 5) is 4.06. The van der Waals surface area contributed by atoms with E-state index in [2.05, 4.69) is 36.5 Å². The fraction of sp³-hybridized carbons (Fsp3) is 0.300. The predicted molar refractivity (Wildman–Crippen MR) is 63.8 cm³/mol. The van der Waals surface area contributed by atoms with E-state index in [1.54, 1.807) is 31.0 Å². The third-order valence-electron chi connectivity index (χ3n) is 2.45. The number of pyridine rings is 1. The molecule has 0 fully saturated rings. The first kappa shape index (κ1) is 12.1. The summed E-state index contributed by atoms with van der Waals surface area (Å²) < 4.78 is 15.9. The number of nitrogens with one attached hydrogen (secondary N) is 1. The maximum atomic E-state index is 13.7. The Kier molecular flexibility index (Phi) is 3.49. The first-order chi connectivity index (χ1) is 8.15. The van der Waals surface area contributed by atoms with Gasteiger partial charge in [0.1, 0.15) is 5.82 Å². The highest BCUT2D eigenvalue weighted by atomic mass is 79.9. The summed E-state index contributed by atoms with van der Waals surface area (Å²) in [6, 6.07) is 2.54. The van der Waals surface area contributed by atoms with Crippen molar-refractivity contribution in [2.45, 2.75) is 6.04 Å². The van der Waals surface area contributed by atoms with Crippen LogP contribution in [0, 0.1) is 5.82 Å². The van der Waals surface area contributed by atoms with Crippen LogP contribution in [-0.4, -0.2) is 27.0 Å². The molecule has 0 bridgehead atoms. The Morgan fingerprint density at radius 3 is 2.82 bits per heavy atom. The average molecular weight is 300 g/mol. The number of hydrogen-bond acceptors (Lipinski definition) is 4. The van der Waals surface area contributed by atoms with Gasteiger partial charge in [0.2, 0.25) is 0 Å². The number of halogens is 2. The molecule has 1 atom stereocenters. The lowest BCUT2D eigenvalue weighted by atomic mass is 10.1. The molecule has 2 aromatic rings. The Morgan fingerprint density at radius 2 is 2.29 bits per heavy atom. The second kappa shape index (κ2) is 4.89. The lowest BCUT2D eigenvalue weighted by Gasteiger charge is -2.16. The zero-order chi connectivity index (χ0) is 12.4. The van der Waals surface area contributed by atoms with Gasteiger partial charge in [-0.25, -0.2) is 9.07 Å². The molecule has 2 aromatic heterocycles. The Morgan fingerprint density at radius 1 is 1.53 bits per heavy atom. The molecule has 90 valence electrons. The van der Waals surface area contributed by atoms with Gasteiger partial charge in [0.15, 0.2) is 4.60 Å². The van der Waals surface area contributed by atoms with Crippen molar-refractivity contribution in [2.75, 3.05) is 7.05 Å². The Bertz CT molecular complexity index is 508. The molecule has 17 heavy (non-hydrogen) atoms. The summed E-state index contributed by atoms with van der Waals surface area (Å²) in [6.45, 7) is 0. The van der Waals surface area contributed by atoms with E-state index in [1.165, 1.54) is 6.07 Å². The van der Waals surface area contributed by atoms with Crippen LogP contribution in [0.4, 0.5) is 4.39 Å². The molecule has 1 N–H and O–H groups in total. The molecule has 0 saturated carbocycles. The van der Waals surface area contributed by atoms with E-state index < -0.39 is 6.04 Å². The second-order valence-corrected chi connectivity index (χ2v) is 4.23. The number of aromatic nitrogens is 4. The highest BCUT2D eigenvalue weighted by Crippen LogP contribution is 2.26. The van der Waals surface area contributed by atoms with Crippen molar-refractivity contribution in [1.29, 1.82) is 0 Å². The van der Waals surface area contributed by atoms with Crippen molar-refractivity contribution in [3.05, 3.63) is 40.1 Å². The minimum absolute atomic E-state index is 0.320. The molecule has 0 saturated heterocycles. The van der Waals surface area contributed by atoms with Crippen LogP contribution in [0.5, 0.6) is 0 Å². The van der Waals surface area contributed by atoms with Crippen molar-refractivity contribution in [3.63, 3.8) is 0 Å². The van der Waals surface area contributed by atoms with Gasteiger partial charge in [-0.05, 0) is 35.1 Å². The van der Waals surface area contributed by atoms with Crippen LogP contribution in [0.1, 0.15) is 17.4 Å². The van der Waals surface area contributed by atoms with Crippen LogP contribution < -0.4 is 5.32 Å². The smallest absolute Gasteiger partial charge is 0.153 e. The van der Waals surface area contributed by atoms with Gasteiger partial charge in [-0.3, -0.25) is 4.98 Å². The number of rotatable bonds is 3. The van der Waals surface area contributed by atoms with E-state index in [0.29, 0.717) is 10.3 Å². The monoisotopic (exact) mass is 299 g/mol. The summed E-state index contributed by atoms with van der Waals surface area (Å²) in [5.74, 6) is -0.361. The van der Waals surface area contributed by atoms with Crippen molar-refractivity contribution in [1.82, 2.24) is 25.3 Å². The third kappa shape index (κ3) is 2.20. The number of aryl methyl sites for hydroxylation is 1. The summed E-state index contributed by atoms with van der Waals surface area (Å²) in [7, 11) is 3.48. The summed E-state index contributed by atoms with van der Waals surface area (Å²) in [6.07, 6.45) is 1.56. The maximum Gasteiger partial charge on any atom is 0.153 e. The van der Waals surface area contributed by atoms with Gasteiger partial charge in [0, 0.05) is 13.2 Å². The van der Waals surface area contributed by atoms with Gasteiger partial charge in [-0.15, -0.1) is 5.10 Å². The molecule has 0 aliphatic rings. The molecular formula is C10H11BrFN5. The molecule has 7 heteroatoms. The quantitative estimate of drug-likeness (QED) is 0.931. The van der Waals surface area contributed by atoms with E-state index >= 15 is 0 Å². The van der Waals surface area contributed by atoms with Gasteiger partial charge in [-0.2, -0.15) is 0 Å². The average Bonchev–Trinajstić information content (AvgIpc) is 2.64. The fourth-order valence-corrected chi connectivity index (χ4v) is 2.21. The third-order valence-corrected chi connectivity index (χ3v) is 3.01. The van der Waals surface area contributed by atoms with Crippen LogP contribution >= 0.6 is 15.9 Å². The van der Waals surface area contributed by atoms with Crippen LogP contribution in [0.2, 0.25) is 0 Å². The van der Waals surface area contributed by atoms with Crippen LogP contribution in [0.25, 0.3) is 0 Å². The van der Waals surface area contributed by atoms with Crippen molar-refractivity contribution in [2.24, 2.45) is 7.05 Å². The predicted octanol–water partition coefficient (Wildman–Crippen LogP) is 1.42. The summed E-state index contributed by atoms with van der Waals surface area (Å²) in [5.41, 5.74) is 1.05. The van der Waals surface area contributed by atoms with Gasteiger partial charge in [0.25, 0.3) is 0 Å². The lowest BCUT2D eigenvalue weighted by Crippen LogP contribution is -2.23. The second-order valence-electron chi connectivity index (χ2n) is 3.48. The normalized spacial score (nSPS) is 12.7. The molecule has 1 unspecified atom stereocenters. The highest BCUT2D eigenvalue weighted by molar-refractivity contribution is 9.10. The summed E-state index contributed by atoms with van der Waals surface area (Å²) >= 11 is 3.30.